The van der Waals surface area contributed by atoms with Gasteiger partial charge in [0, 0.05) is 36.4 Å². The predicted molar refractivity (Wildman–Crippen MR) is 133 cm³/mol. The van der Waals surface area contributed by atoms with Crippen molar-refractivity contribution in [1.82, 2.24) is 9.97 Å². The first kappa shape index (κ1) is 21.4. The van der Waals surface area contributed by atoms with Gasteiger partial charge in [0.15, 0.2) is 0 Å². The normalized spacial score (nSPS) is 10.7. The third kappa shape index (κ3) is 4.91. The topological polar surface area (TPSA) is 62.3 Å². The molecule has 6 heteroatoms. The fraction of sp³-hybridized carbons (Fsp3) is 0.231. The van der Waals surface area contributed by atoms with Crippen molar-refractivity contribution in [2.75, 3.05) is 35.7 Å². The Labute approximate surface area is 189 Å². The zero-order valence-electron chi connectivity index (χ0n) is 18.8. The number of fused-ring (bicyclic) bond motifs is 1. The molecule has 0 saturated heterocycles. The maximum absolute atomic E-state index is 5.24. The van der Waals surface area contributed by atoms with Gasteiger partial charge in [0.05, 0.1) is 12.6 Å². The van der Waals surface area contributed by atoms with Crippen LogP contribution in [0.2, 0.25) is 0 Å². The third-order valence-corrected chi connectivity index (χ3v) is 5.47. The summed E-state index contributed by atoms with van der Waals surface area (Å²) in [4.78, 5) is 11.8. The molecule has 3 aromatic carbocycles. The molecule has 0 aliphatic rings. The van der Waals surface area contributed by atoms with Crippen molar-refractivity contribution in [3.63, 3.8) is 0 Å². The molecule has 0 bridgehead atoms. The highest BCUT2D eigenvalue weighted by Crippen LogP contribution is 2.25. The number of ether oxygens (including phenoxy) is 1. The molecule has 32 heavy (non-hydrogen) atoms. The molecule has 4 rings (SSSR count). The smallest absolute Gasteiger partial charge is 0.229 e. The molecule has 0 saturated carbocycles. The predicted octanol–water partition coefficient (Wildman–Crippen LogP) is 5.84. The maximum Gasteiger partial charge on any atom is 0.229 e. The van der Waals surface area contributed by atoms with Gasteiger partial charge < -0.3 is 20.3 Å². The van der Waals surface area contributed by atoms with Crippen LogP contribution in [-0.2, 0) is 6.54 Å². The standard InChI is InChI=1S/C26H29N5O/c1-4-31(5-2)21-14-12-20(13-15-21)28-26-29-24-9-7-6-8-23(24)25(30-26)27-18-19-10-16-22(32-3)17-11-19/h6-17H,4-5,18H2,1-3H3,(H2,27,28,29,30). The van der Waals surface area contributed by atoms with Crippen LogP contribution < -0.4 is 20.3 Å². The van der Waals surface area contributed by atoms with Crippen molar-refractivity contribution in [2.24, 2.45) is 0 Å². The first-order valence-electron chi connectivity index (χ1n) is 11.0. The van der Waals surface area contributed by atoms with Crippen molar-refractivity contribution < 1.29 is 4.74 Å². The summed E-state index contributed by atoms with van der Waals surface area (Å²) in [6.45, 7) is 6.96. The summed E-state index contributed by atoms with van der Waals surface area (Å²) >= 11 is 0. The van der Waals surface area contributed by atoms with Crippen LogP contribution in [-0.4, -0.2) is 30.2 Å². The molecule has 0 amide bonds. The molecule has 0 aliphatic carbocycles. The van der Waals surface area contributed by atoms with Gasteiger partial charge in [-0.05, 0) is 67.9 Å². The molecular weight excluding hydrogens is 398 g/mol. The first-order valence-corrected chi connectivity index (χ1v) is 11.0. The lowest BCUT2D eigenvalue weighted by atomic mass is 10.2. The van der Waals surface area contributed by atoms with Crippen LogP contribution in [0.3, 0.4) is 0 Å². The highest BCUT2D eigenvalue weighted by Gasteiger charge is 2.09. The van der Waals surface area contributed by atoms with Crippen LogP contribution in [0.4, 0.5) is 23.1 Å². The Morgan fingerprint density at radius 3 is 2.25 bits per heavy atom. The van der Waals surface area contributed by atoms with Gasteiger partial charge in [0.25, 0.3) is 0 Å². The van der Waals surface area contributed by atoms with E-state index in [1.165, 1.54) is 5.69 Å². The number of nitrogens with one attached hydrogen (secondary N) is 2. The van der Waals surface area contributed by atoms with Crippen LogP contribution in [0.1, 0.15) is 19.4 Å². The largest absolute Gasteiger partial charge is 0.497 e. The number of hydrogen-bond donors (Lipinski definition) is 2. The minimum absolute atomic E-state index is 0.566. The molecule has 1 heterocycles. The van der Waals surface area contributed by atoms with Crippen LogP contribution in [0.25, 0.3) is 10.9 Å². The summed E-state index contributed by atoms with van der Waals surface area (Å²) < 4.78 is 5.24. The summed E-state index contributed by atoms with van der Waals surface area (Å²) in [6, 6.07) is 24.4. The highest BCUT2D eigenvalue weighted by molar-refractivity contribution is 5.90. The molecule has 4 aromatic rings. The average molecular weight is 428 g/mol. The molecule has 0 spiro atoms. The van der Waals surface area contributed by atoms with E-state index in [9.17, 15) is 0 Å². The van der Waals surface area contributed by atoms with Crippen molar-refractivity contribution in [2.45, 2.75) is 20.4 Å². The highest BCUT2D eigenvalue weighted by atomic mass is 16.5. The molecule has 0 aliphatic heterocycles. The molecule has 0 fully saturated rings. The minimum Gasteiger partial charge on any atom is -0.497 e. The second kappa shape index (κ2) is 10.0. The monoisotopic (exact) mass is 427 g/mol. The zero-order chi connectivity index (χ0) is 22.3. The quantitative estimate of drug-likeness (QED) is 0.350. The Morgan fingerprint density at radius 1 is 0.844 bits per heavy atom. The van der Waals surface area contributed by atoms with Gasteiger partial charge in [-0.15, -0.1) is 0 Å². The van der Waals surface area contributed by atoms with Crippen LogP contribution in [0.5, 0.6) is 5.75 Å². The van der Waals surface area contributed by atoms with E-state index in [-0.39, 0.29) is 0 Å². The van der Waals surface area contributed by atoms with Crippen molar-refractivity contribution in [1.29, 1.82) is 0 Å². The fourth-order valence-corrected chi connectivity index (χ4v) is 3.67. The number of methoxy groups -OCH3 is 1. The number of hydrogen-bond acceptors (Lipinski definition) is 6. The summed E-state index contributed by atoms with van der Waals surface area (Å²) in [5, 5.41) is 7.81. The molecule has 0 unspecified atom stereocenters. The van der Waals surface area contributed by atoms with Gasteiger partial charge in [0.1, 0.15) is 11.6 Å². The first-order chi connectivity index (χ1) is 15.7. The molecule has 1 aromatic heterocycles. The number of para-hydroxylation sites is 1. The van der Waals surface area contributed by atoms with E-state index in [0.717, 1.165) is 46.8 Å². The number of aromatic nitrogens is 2. The van der Waals surface area contributed by atoms with Crippen LogP contribution >= 0.6 is 0 Å². The minimum atomic E-state index is 0.566. The Kier molecular flexibility index (Phi) is 6.70. The molecule has 164 valence electrons. The Balaban J connectivity index is 1.56. The van der Waals surface area contributed by atoms with Gasteiger partial charge in [0.2, 0.25) is 5.95 Å². The van der Waals surface area contributed by atoms with Gasteiger partial charge in [-0.2, -0.15) is 4.98 Å². The zero-order valence-corrected chi connectivity index (χ0v) is 18.8. The molecule has 0 radical (unpaired) electrons. The molecule has 6 nitrogen and oxygen atoms in total. The number of anilines is 4. The number of nitrogens with zero attached hydrogens (tertiary/aromatic N) is 3. The maximum atomic E-state index is 5.24. The van der Waals surface area contributed by atoms with E-state index < -0.39 is 0 Å². The van der Waals surface area contributed by atoms with Gasteiger partial charge >= 0.3 is 0 Å². The Hall–Kier alpha value is -3.80. The van der Waals surface area contributed by atoms with E-state index in [1.54, 1.807) is 7.11 Å². The number of benzene rings is 3. The van der Waals surface area contributed by atoms with Gasteiger partial charge in [-0.25, -0.2) is 4.98 Å². The van der Waals surface area contributed by atoms with Crippen LogP contribution in [0, 0.1) is 0 Å². The van der Waals surface area contributed by atoms with Crippen LogP contribution in [0.15, 0.2) is 72.8 Å². The van der Waals surface area contributed by atoms with Crippen molar-refractivity contribution in [3.05, 3.63) is 78.4 Å². The lowest BCUT2D eigenvalue weighted by Gasteiger charge is -2.21. The second-order valence-electron chi connectivity index (χ2n) is 7.46. The fourth-order valence-electron chi connectivity index (χ4n) is 3.67. The average Bonchev–Trinajstić information content (AvgIpc) is 2.84. The van der Waals surface area contributed by atoms with E-state index in [0.29, 0.717) is 12.5 Å². The number of rotatable bonds is 9. The van der Waals surface area contributed by atoms with E-state index >= 15 is 0 Å². The van der Waals surface area contributed by atoms with Gasteiger partial charge in [-0.3, -0.25) is 0 Å². The summed E-state index contributed by atoms with van der Waals surface area (Å²) in [5.74, 6) is 2.21. The van der Waals surface area contributed by atoms with E-state index in [2.05, 4.69) is 53.6 Å². The Morgan fingerprint density at radius 2 is 1.56 bits per heavy atom. The summed E-state index contributed by atoms with van der Waals surface area (Å²) in [7, 11) is 1.67. The lowest BCUT2D eigenvalue weighted by Crippen LogP contribution is -2.21. The molecule has 0 atom stereocenters. The second-order valence-corrected chi connectivity index (χ2v) is 7.46. The molecular formula is C26H29N5O. The summed E-state index contributed by atoms with van der Waals surface area (Å²) in [5.41, 5.74) is 4.20. The lowest BCUT2D eigenvalue weighted by molar-refractivity contribution is 0.414. The summed E-state index contributed by atoms with van der Waals surface area (Å²) in [6.07, 6.45) is 0. The van der Waals surface area contributed by atoms with E-state index in [1.807, 2.05) is 48.5 Å². The molecule has 2 N–H and O–H groups in total. The van der Waals surface area contributed by atoms with E-state index in [4.69, 9.17) is 14.7 Å². The van der Waals surface area contributed by atoms with Crippen molar-refractivity contribution >= 4 is 34.0 Å². The van der Waals surface area contributed by atoms with Gasteiger partial charge in [-0.1, -0.05) is 24.3 Å². The SMILES string of the molecule is CCN(CC)c1ccc(Nc2nc(NCc3ccc(OC)cc3)c3ccccc3n2)cc1. The third-order valence-electron chi connectivity index (χ3n) is 5.47. The Bertz CT molecular complexity index is 1160. The van der Waals surface area contributed by atoms with Crippen molar-refractivity contribution in [3.8, 4) is 5.75 Å².